The van der Waals surface area contributed by atoms with Crippen molar-refractivity contribution in [2.24, 2.45) is 5.92 Å². The second-order valence-electron chi connectivity index (χ2n) is 5.70. The van der Waals surface area contributed by atoms with E-state index in [0.29, 0.717) is 11.7 Å². The second kappa shape index (κ2) is 10.7. The summed E-state index contributed by atoms with van der Waals surface area (Å²) in [6.45, 7) is 7.35. The zero-order valence-electron chi connectivity index (χ0n) is 13.7. The smallest absolute Gasteiger partial charge is 0.230 e. The van der Waals surface area contributed by atoms with Crippen molar-refractivity contribution in [3.05, 3.63) is 35.4 Å². The Kier molecular flexibility index (Phi) is 9.24. The Morgan fingerprint density at radius 1 is 1.24 bits per heavy atom. The molecule has 0 heterocycles. The van der Waals surface area contributed by atoms with Crippen LogP contribution >= 0.6 is 11.8 Å². The fourth-order valence-corrected chi connectivity index (χ4v) is 3.02. The van der Waals surface area contributed by atoms with Crippen LogP contribution in [0.1, 0.15) is 50.7 Å². The zero-order chi connectivity index (χ0) is 15.5. The monoisotopic (exact) mass is 307 g/mol. The number of unbranched alkanes of at least 4 members (excludes halogenated alkanes) is 1. The summed E-state index contributed by atoms with van der Waals surface area (Å²) in [6, 6.07) is 8.52. The predicted molar refractivity (Wildman–Crippen MR) is 93.7 cm³/mol. The Bertz CT molecular complexity index is 402. The lowest BCUT2D eigenvalue weighted by atomic mass is 9.99. The molecule has 0 saturated heterocycles. The molecule has 0 aliphatic rings. The van der Waals surface area contributed by atoms with Crippen LogP contribution in [0.3, 0.4) is 0 Å². The van der Waals surface area contributed by atoms with Gasteiger partial charge in [-0.3, -0.25) is 4.79 Å². The number of aryl methyl sites for hydroxylation is 1. The van der Waals surface area contributed by atoms with E-state index in [-0.39, 0.29) is 5.91 Å². The van der Waals surface area contributed by atoms with Crippen molar-refractivity contribution >= 4 is 17.7 Å². The quantitative estimate of drug-likeness (QED) is 0.686. The van der Waals surface area contributed by atoms with E-state index in [0.717, 1.165) is 18.7 Å². The van der Waals surface area contributed by atoms with Crippen LogP contribution in [0.25, 0.3) is 0 Å². The molecule has 3 heteroatoms. The lowest BCUT2D eigenvalue weighted by molar-refractivity contribution is -0.118. The summed E-state index contributed by atoms with van der Waals surface area (Å²) >= 11 is 1.69. The standard InChI is InChI=1S/C18H29NOS/c1-4-6-7-16(5-2)12-19-18(20)14-21-13-17-10-8-15(3)9-11-17/h8-11,16H,4-7,12-14H2,1-3H3,(H,19,20). The van der Waals surface area contributed by atoms with Crippen LogP contribution in [0, 0.1) is 12.8 Å². The summed E-state index contributed by atoms with van der Waals surface area (Å²) in [5.41, 5.74) is 2.56. The topological polar surface area (TPSA) is 29.1 Å². The maximum Gasteiger partial charge on any atom is 0.230 e. The highest BCUT2D eigenvalue weighted by Gasteiger charge is 2.08. The summed E-state index contributed by atoms with van der Waals surface area (Å²) in [4.78, 5) is 11.8. The largest absolute Gasteiger partial charge is 0.355 e. The van der Waals surface area contributed by atoms with Crippen molar-refractivity contribution in [2.45, 2.75) is 52.2 Å². The maximum absolute atomic E-state index is 11.8. The van der Waals surface area contributed by atoms with Gasteiger partial charge < -0.3 is 5.32 Å². The van der Waals surface area contributed by atoms with Crippen LogP contribution in [-0.4, -0.2) is 18.2 Å². The number of amides is 1. The molecule has 1 atom stereocenters. The third-order valence-electron chi connectivity index (χ3n) is 3.75. The van der Waals surface area contributed by atoms with Gasteiger partial charge in [-0.2, -0.15) is 0 Å². The number of hydrogen-bond acceptors (Lipinski definition) is 2. The van der Waals surface area contributed by atoms with Crippen LogP contribution in [0.2, 0.25) is 0 Å². The van der Waals surface area contributed by atoms with Gasteiger partial charge in [-0.1, -0.05) is 62.9 Å². The molecule has 1 rings (SSSR count). The molecule has 0 aliphatic heterocycles. The molecule has 1 aromatic rings. The van der Waals surface area contributed by atoms with Gasteiger partial charge in [-0.05, 0) is 24.8 Å². The maximum atomic E-state index is 11.8. The van der Waals surface area contributed by atoms with Gasteiger partial charge in [-0.15, -0.1) is 11.8 Å². The average Bonchev–Trinajstić information content (AvgIpc) is 2.49. The van der Waals surface area contributed by atoms with Gasteiger partial charge in [-0.25, -0.2) is 0 Å². The van der Waals surface area contributed by atoms with Gasteiger partial charge in [0.2, 0.25) is 5.91 Å². The number of hydrogen-bond donors (Lipinski definition) is 1. The molecule has 1 aromatic carbocycles. The van der Waals surface area contributed by atoms with Crippen LogP contribution in [0.5, 0.6) is 0 Å². The Hall–Kier alpha value is -0.960. The van der Waals surface area contributed by atoms with Gasteiger partial charge in [0.05, 0.1) is 5.75 Å². The first-order valence-electron chi connectivity index (χ1n) is 8.05. The second-order valence-corrected chi connectivity index (χ2v) is 6.68. The number of benzene rings is 1. The fraction of sp³-hybridized carbons (Fsp3) is 0.611. The molecule has 0 aliphatic carbocycles. The Balaban J connectivity index is 2.17. The van der Waals surface area contributed by atoms with Crippen LogP contribution in [0.15, 0.2) is 24.3 Å². The molecule has 0 fully saturated rings. The first-order valence-corrected chi connectivity index (χ1v) is 9.21. The van der Waals surface area contributed by atoms with Crippen LogP contribution in [-0.2, 0) is 10.5 Å². The molecule has 21 heavy (non-hydrogen) atoms. The number of thioether (sulfide) groups is 1. The van der Waals surface area contributed by atoms with E-state index < -0.39 is 0 Å². The van der Waals surface area contributed by atoms with E-state index in [2.05, 4.69) is 50.4 Å². The minimum absolute atomic E-state index is 0.169. The van der Waals surface area contributed by atoms with Crippen molar-refractivity contribution in [1.82, 2.24) is 5.32 Å². The molecule has 2 nitrogen and oxygen atoms in total. The molecule has 0 spiro atoms. The minimum Gasteiger partial charge on any atom is -0.355 e. The van der Waals surface area contributed by atoms with E-state index in [4.69, 9.17) is 0 Å². The highest BCUT2D eigenvalue weighted by Crippen LogP contribution is 2.13. The van der Waals surface area contributed by atoms with E-state index in [1.807, 2.05) is 0 Å². The normalized spacial score (nSPS) is 12.1. The lowest BCUT2D eigenvalue weighted by Crippen LogP contribution is -2.30. The number of carbonyl (C=O) groups is 1. The van der Waals surface area contributed by atoms with Crippen molar-refractivity contribution < 1.29 is 4.79 Å². The van der Waals surface area contributed by atoms with Gasteiger partial charge in [0, 0.05) is 12.3 Å². The van der Waals surface area contributed by atoms with Crippen molar-refractivity contribution in [3.63, 3.8) is 0 Å². The highest BCUT2D eigenvalue weighted by molar-refractivity contribution is 7.99. The third-order valence-corrected chi connectivity index (χ3v) is 4.76. The Labute approximate surface area is 134 Å². The predicted octanol–water partition coefficient (Wildman–Crippen LogP) is 4.56. The molecule has 1 amide bonds. The summed E-state index contributed by atoms with van der Waals surface area (Å²) in [6.07, 6.45) is 4.87. The van der Waals surface area contributed by atoms with E-state index in [1.165, 1.54) is 30.4 Å². The van der Waals surface area contributed by atoms with E-state index in [9.17, 15) is 4.79 Å². The van der Waals surface area contributed by atoms with E-state index in [1.54, 1.807) is 11.8 Å². The highest BCUT2D eigenvalue weighted by atomic mass is 32.2. The van der Waals surface area contributed by atoms with Gasteiger partial charge in [0.15, 0.2) is 0 Å². The van der Waals surface area contributed by atoms with E-state index >= 15 is 0 Å². The van der Waals surface area contributed by atoms with Crippen LogP contribution < -0.4 is 5.32 Å². The molecule has 0 aromatic heterocycles. The number of nitrogens with one attached hydrogen (secondary N) is 1. The summed E-state index contributed by atoms with van der Waals surface area (Å²) in [5, 5.41) is 3.08. The first-order chi connectivity index (χ1) is 10.2. The Morgan fingerprint density at radius 3 is 2.57 bits per heavy atom. The molecular weight excluding hydrogens is 278 g/mol. The molecule has 118 valence electrons. The molecule has 1 unspecified atom stereocenters. The number of rotatable bonds is 10. The molecule has 0 bridgehead atoms. The Morgan fingerprint density at radius 2 is 1.95 bits per heavy atom. The minimum atomic E-state index is 0.169. The fourth-order valence-electron chi connectivity index (χ4n) is 2.20. The third kappa shape index (κ3) is 8.15. The number of carbonyl (C=O) groups excluding carboxylic acids is 1. The summed E-state index contributed by atoms with van der Waals surface area (Å²) in [5.74, 6) is 2.26. The summed E-state index contributed by atoms with van der Waals surface area (Å²) < 4.78 is 0. The first kappa shape index (κ1) is 18.1. The van der Waals surface area contributed by atoms with Crippen molar-refractivity contribution in [2.75, 3.05) is 12.3 Å². The molecule has 0 saturated carbocycles. The van der Waals surface area contributed by atoms with Gasteiger partial charge in [0.1, 0.15) is 0 Å². The molecule has 1 N–H and O–H groups in total. The summed E-state index contributed by atoms with van der Waals surface area (Å²) in [7, 11) is 0. The SMILES string of the molecule is CCCCC(CC)CNC(=O)CSCc1ccc(C)cc1. The van der Waals surface area contributed by atoms with Crippen molar-refractivity contribution in [3.8, 4) is 0 Å². The molecule has 0 radical (unpaired) electrons. The van der Waals surface area contributed by atoms with Crippen molar-refractivity contribution in [1.29, 1.82) is 0 Å². The lowest BCUT2D eigenvalue weighted by Gasteiger charge is -2.15. The zero-order valence-corrected chi connectivity index (χ0v) is 14.5. The molecular formula is C18H29NOS. The average molecular weight is 308 g/mol. The van der Waals surface area contributed by atoms with Gasteiger partial charge in [0.25, 0.3) is 0 Å². The van der Waals surface area contributed by atoms with Gasteiger partial charge >= 0.3 is 0 Å². The van der Waals surface area contributed by atoms with Crippen LogP contribution in [0.4, 0.5) is 0 Å².